The molecule has 1 amide bonds. The maximum atomic E-state index is 11.2. The molecular formula is C11H13N3O. The Morgan fingerprint density at radius 2 is 1.93 bits per heavy atom. The number of hydrazine groups is 2. The van der Waals surface area contributed by atoms with Crippen LogP contribution >= 0.6 is 0 Å². The van der Waals surface area contributed by atoms with Crippen LogP contribution in [0.25, 0.3) is 0 Å². The average Bonchev–Trinajstić information content (AvgIpc) is 2.62. The molecule has 0 unspecified atom stereocenters. The number of para-hydroxylation sites is 1. The highest BCUT2D eigenvalue weighted by molar-refractivity contribution is 5.75. The van der Waals surface area contributed by atoms with Crippen LogP contribution in [0, 0.1) is 0 Å². The predicted molar refractivity (Wildman–Crippen MR) is 58.3 cm³/mol. The lowest BCUT2D eigenvalue weighted by atomic mass is 10.3. The fourth-order valence-corrected chi connectivity index (χ4v) is 1.46. The number of anilines is 1. The summed E-state index contributed by atoms with van der Waals surface area (Å²) in [6.45, 7) is 3.47. The number of benzene rings is 1. The van der Waals surface area contributed by atoms with E-state index in [1.165, 1.54) is 11.9 Å². The Bertz CT molecular complexity index is 400. The Kier molecular flexibility index (Phi) is 2.43. The minimum absolute atomic E-state index is 0.0345. The Labute approximate surface area is 88.7 Å². The summed E-state index contributed by atoms with van der Waals surface area (Å²) < 4.78 is 0. The van der Waals surface area contributed by atoms with Gasteiger partial charge in [-0.2, -0.15) is 0 Å². The van der Waals surface area contributed by atoms with Gasteiger partial charge in [0.1, 0.15) is 0 Å². The number of carbonyl (C=O) groups is 1. The number of amides is 1. The molecule has 0 atom stereocenters. The van der Waals surface area contributed by atoms with Crippen molar-refractivity contribution >= 4 is 11.6 Å². The summed E-state index contributed by atoms with van der Waals surface area (Å²) in [5.74, 6) is -0.0345. The highest BCUT2D eigenvalue weighted by Crippen LogP contribution is 2.20. The largest absolute Gasteiger partial charge is 0.273 e. The third-order valence-electron chi connectivity index (χ3n) is 2.23. The van der Waals surface area contributed by atoms with Crippen LogP contribution in [0.5, 0.6) is 0 Å². The lowest BCUT2D eigenvalue weighted by Crippen LogP contribution is -2.42. The van der Waals surface area contributed by atoms with E-state index in [-0.39, 0.29) is 5.91 Å². The molecule has 1 aliphatic heterocycles. The zero-order chi connectivity index (χ0) is 10.8. The minimum Gasteiger partial charge on any atom is -0.273 e. The first-order valence-electron chi connectivity index (χ1n) is 4.78. The Morgan fingerprint density at radius 3 is 2.47 bits per heavy atom. The van der Waals surface area contributed by atoms with Gasteiger partial charge in [0, 0.05) is 13.1 Å². The quantitative estimate of drug-likeness (QED) is 0.753. The van der Waals surface area contributed by atoms with Crippen molar-refractivity contribution in [2.24, 2.45) is 0 Å². The zero-order valence-electron chi connectivity index (χ0n) is 8.77. The highest BCUT2D eigenvalue weighted by Gasteiger charge is 2.20. The summed E-state index contributed by atoms with van der Waals surface area (Å²) in [7, 11) is 0. The molecule has 1 heterocycles. The smallest absolute Gasteiger partial charge is 0.239 e. The highest BCUT2D eigenvalue weighted by atomic mass is 16.2. The fraction of sp³-hybridized carbons (Fsp3) is 0.182. The number of nitrogens with one attached hydrogen (secondary N) is 1. The molecule has 0 fully saturated rings. The van der Waals surface area contributed by atoms with E-state index in [4.69, 9.17) is 0 Å². The molecule has 1 aromatic rings. The number of nitrogens with zero attached hydrogens (tertiary/aromatic N) is 2. The summed E-state index contributed by atoms with van der Waals surface area (Å²) in [5, 5.41) is 3.32. The second kappa shape index (κ2) is 3.74. The second-order valence-electron chi connectivity index (χ2n) is 3.43. The predicted octanol–water partition coefficient (Wildman–Crippen LogP) is 1.64. The number of hydrogen-bond acceptors (Lipinski definition) is 3. The van der Waals surface area contributed by atoms with Crippen molar-refractivity contribution in [1.29, 1.82) is 0 Å². The fourth-order valence-electron chi connectivity index (χ4n) is 1.46. The molecule has 0 saturated carbocycles. The van der Waals surface area contributed by atoms with Crippen molar-refractivity contribution in [1.82, 2.24) is 10.5 Å². The van der Waals surface area contributed by atoms with E-state index in [0.717, 1.165) is 11.4 Å². The first-order valence-corrected chi connectivity index (χ1v) is 4.78. The van der Waals surface area contributed by atoms with Crippen LogP contribution in [0.1, 0.15) is 13.8 Å². The lowest BCUT2D eigenvalue weighted by molar-refractivity contribution is -0.128. The molecule has 0 saturated heterocycles. The monoisotopic (exact) mass is 203 g/mol. The Balaban J connectivity index is 2.22. The van der Waals surface area contributed by atoms with Crippen LogP contribution in [0.3, 0.4) is 0 Å². The summed E-state index contributed by atoms with van der Waals surface area (Å²) in [5.41, 5.74) is 4.97. The first-order chi connectivity index (χ1) is 7.18. The van der Waals surface area contributed by atoms with Crippen LogP contribution in [0.15, 0.2) is 42.2 Å². The van der Waals surface area contributed by atoms with Crippen LogP contribution in [-0.4, -0.2) is 10.9 Å². The first kappa shape index (κ1) is 9.73. The Hall–Kier alpha value is -1.81. The average molecular weight is 203 g/mol. The maximum absolute atomic E-state index is 11.2. The summed E-state index contributed by atoms with van der Waals surface area (Å²) >= 11 is 0. The number of allylic oxidation sites excluding steroid dienone is 1. The molecule has 4 nitrogen and oxygen atoms in total. The van der Waals surface area contributed by atoms with Gasteiger partial charge in [-0.15, -0.1) is 5.53 Å². The van der Waals surface area contributed by atoms with Gasteiger partial charge in [-0.3, -0.25) is 9.80 Å². The minimum atomic E-state index is -0.0345. The topological polar surface area (TPSA) is 35.6 Å². The number of rotatable bonds is 1. The molecule has 0 aliphatic carbocycles. The van der Waals surface area contributed by atoms with Gasteiger partial charge < -0.3 is 0 Å². The number of carbonyl (C=O) groups excluding carboxylic acids is 1. The molecule has 1 N–H and O–H groups in total. The lowest BCUT2D eigenvalue weighted by Gasteiger charge is -2.22. The summed E-state index contributed by atoms with van der Waals surface area (Å²) in [6, 6.07) is 9.84. The van der Waals surface area contributed by atoms with Crippen molar-refractivity contribution in [3.63, 3.8) is 0 Å². The molecule has 0 spiro atoms. The van der Waals surface area contributed by atoms with Crippen LogP contribution in [-0.2, 0) is 4.79 Å². The standard InChI is InChI=1S/C11H13N3O/c1-9-8-13(10(2)15)12-14(9)11-6-4-3-5-7-11/h3-8,12H,1-2H3. The van der Waals surface area contributed by atoms with E-state index in [0.29, 0.717) is 0 Å². The molecule has 1 aliphatic rings. The van der Waals surface area contributed by atoms with Gasteiger partial charge in [0.2, 0.25) is 5.91 Å². The van der Waals surface area contributed by atoms with E-state index in [2.05, 4.69) is 5.53 Å². The Morgan fingerprint density at radius 1 is 1.27 bits per heavy atom. The van der Waals surface area contributed by atoms with Crippen LogP contribution in [0.2, 0.25) is 0 Å². The third kappa shape index (κ3) is 1.85. The van der Waals surface area contributed by atoms with E-state index >= 15 is 0 Å². The molecule has 2 rings (SSSR count). The van der Waals surface area contributed by atoms with Crippen LogP contribution < -0.4 is 10.5 Å². The van der Waals surface area contributed by atoms with Crippen molar-refractivity contribution in [2.45, 2.75) is 13.8 Å². The molecule has 15 heavy (non-hydrogen) atoms. The van der Waals surface area contributed by atoms with Crippen molar-refractivity contribution < 1.29 is 4.79 Å². The second-order valence-corrected chi connectivity index (χ2v) is 3.43. The van der Waals surface area contributed by atoms with Gasteiger partial charge >= 0.3 is 0 Å². The molecule has 78 valence electrons. The van der Waals surface area contributed by atoms with Crippen molar-refractivity contribution in [2.75, 3.05) is 5.01 Å². The van der Waals surface area contributed by atoms with Crippen molar-refractivity contribution in [3.05, 3.63) is 42.2 Å². The van der Waals surface area contributed by atoms with Gasteiger partial charge in [0.15, 0.2) is 0 Å². The van der Waals surface area contributed by atoms with E-state index in [9.17, 15) is 4.79 Å². The van der Waals surface area contributed by atoms with Crippen LogP contribution in [0.4, 0.5) is 5.69 Å². The van der Waals surface area contributed by atoms with E-state index in [1.807, 2.05) is 42.3 Å². The molecule has 0 radical (unpaired) electrons. The zero-order valence-corrected chi connectivity index (χ0v) is 8.77. The molecule has 0 aromatic heterocycles. The molecule has 4 heteroatoms. The summed E-state index contributed by atoms with van der Waals surface area (Å²) in [4.78, 5) is 11.2. The van der Waals surface area contributed by atoms with E-state index < -0.39 is 0 Å². The maximum Gasteiger partial charge on any atom is 0.239 e. The third-order valence-corrected chi connectivity index (χ3v) is 2.23. The van der Waals surface area contributed by atoms with Gasteiger partial charge in [-0.05, 0) is 19.1 Å². The molecular weight excluding hydrogens is 190 g/mol. The normalized spacial score (nSPS) is 15.5. The van der Waals surface area contributed by atoms with Gasteiger partial charge in [0.05, 0.1) is 11.4 Å². The molecule has 1 aromatic carbocycles. The van der Waals surface area contributed by atoms with Gasteiger partial charge in [0.25, 0.3) is 0 Å². The van der Waals surface area contributed by atoms with Crippen molar-refractivity contribution in [3.8, 4) is 0 Å². The number of hydrogen-bond donors (Lipinski definition) is 1. The van der Waals surface area contributed by atoms with Gasteiger partial charge in [-0.1, -0.05) is 18.2 Å². The SMILES string of the molecule is CC(=O)N1C=C(C)N(c2ccccc2)N1. The van der Waals surface area contributed by atoms with E-state index in [1.54, 1.807) is 6.20 Å². The van der Waals surface area contributed by atoms with Gasteiger partial charge in [-0.25, -0.2) is 5.01 Å². The molecule has 0 bridgehead atoms. The summed E-state index contributed by atoms with van der Waals surface area (Å²) in [6.07, 6.45) is 1.77.